The van der Waals surface area contributed by atoms with Crippen molar-refractivity contribution in [2.45, 2.75) is 63.6 Å². The normalized spacial score (nSPS) is 12.6. The van der Waals surface area contributed by atoms with E-state index in [-0.39, 0.29) is 29.8 Å². The number of rotatable bonds is 14. The van der Waals surface area contributed by atoms with Crippen LogP contribution in [0.1, 0.15) is 43.9 Å². The number of nitrogens with zero attached hydrogens (tertiary/aromatic N) is 2. The smallest absolute Gasteiger partial charge is 0.264 e. The largest absolute Gasteiger partial charge is 0.352 e. The van der Waals surface area contributed by atoms with Gasteiger partial charge in [0.15, 0.2) is 0 Å². The van der Waals surface area contributed by atoms with Crippen LogP contribution in [0.2, 0.25) is 0 Å². The Morgan fingerprint density at radius 2 is 1.40 bits per heavy atom. The van der Waals surface area contributed by atoms with Gasteiger partial charge in [-0.15, -0.1) is 0 Å². The zero-order valence-electron chi connectivity index (χ0n) is 25.9. The predicted molar refractivity (Wildman–Crippen MR) is 176 cm³/mol. The minimum Gasteiger partial charge on any atom is -0.352 e. The molecule has 4 aromatic carbocycles. The summed E-state index contributed by atoms with van der Waals surface area (Å²) in [7, 11) is -4.19. The van der Waals surface area contributed by atoms with E-state index in [4.69, 9.17) is 0 Å². The number of sulfonamides is 1. The number of nitrogens with one attached hydrogen (secondary N) is 1. The molecule has 0 aromatic heterocycles. The molecule has 236 valence electrons. The monoisotopic (exact) mass is 629 g/mol. The van der Waals surface area contributed by atoms with Gasteiger partial charge in [-0.3, -0.25) is 13.9 Å². The highest BCUT2D eigenvalue weighted by Gasteiger charge is 2.35. The molecule has 0 radical (unpaired) electrons. The predicted octanol–water partition coefficient (Wildman–Crippen LogP) is 6.14. The average molecular weight is 630 g/mol. The fourth-order valence-corrected chi connectivity index (χ4v) is 6.54. The van der Waals surface area contributed by atoms with Gasteiger partial charge in [-0.1, -0.05) is 92.7 Å². The van der Waals surface area contributed by atoms with Crippen molar-refractivity contribution in [1.29, 1.82) is 0 Å². The van der Waals surface area contributed by atoms with E-state index in [0.29, 0.717) is 24.1 Å². The van der Waals surface area contributed by atoms with Gasteiger partial charge in [-0.2, -0.15) is 0 Å². The molecule has 2 amide bonds. The lowest BCUT2D eigenvalue weighted by atomic mass is 10.0. The highest BCUT2D eigenvalue weighted by molar-refractivity contribution is 7.92. The Kier molecular flexibility index (Phi) is 11.5. The molecule has 4 aromatic rings. The van der Waals surface area contributed by atoms with Crippen molar-refractivity contribution in [3.8, 4) is 0 Å². The van der Waals surface area contributed by atoms with Gasteiger partial charge >= 0.3 is 0 Å². The molecule has 0 heterocycles. The quantitative estimate of drug-likeness (QED) is 0.182. The summed E-state index contributed by atoms with van der Waals surface area (Å²) in [4.78, 5) is 29.9. The van der Waals surface area contributed by atoms with Crippen LogP contribution in [-0.4, -0.2) is 43.8 Å². The summed E-state index contributed by atoms with van der Waals surface area (Å²) in [6.07, 6.45) is 1.43. The van der Waals surface area contributed by atoms with Gasteiger partial charge in [0.1, 0.15) is 18.4 Å². The molecule has 0 aliphatic rings. The summed E-state index contributed by atoms with van der Waals surface area (Å²) in [6, 6.07) is 29.0. The molecule has 4 rings (SSSR count). The molecule has 0 saturated carbocycles. The summed E-state index contributed by atoms with van der Waals surface area (Å²) >= 11 is 0. The van der Waals surface area contributed by atoms with E-state index in [2.05, 4.69) is 5.32 Å². The summed E-state index contributed by atoms with van der Waals surface area (Å²) in [5.74, 6) is -1.34. The van der Waals surface area contributed by atoms with Gasteiger partial charge in [-0.25, -0.2) is 12.8 Å². The Balaban J connectivity index is 1.82. The molecule has 0 saturated heterocycles. The highest BCUT2D eigenvalue weighted by Crippen LogP contribution is 2.28. The first-order chi connectivity index (χ1) is 21.6. The van der Waals surface area contributed by atoms with Crippen LogP contribution >= 0.6 is 0 Å². The van der Waals surface area contributed by atoms with Gasteiger partial charge in [0.2, 0.25) is 11.8 Å². The Morgan fingerprint density at radius 3 is 2.02 bits per heavy atom. The Labute approximate surface area is 265 Å². The van der Waals surface area contributed by atoms with E-state index in [0.717, 1.165) is 15.4 Å². The topological polar surface area (TPSA) is 86.8 Å². The molecule has 0 aliphatic heterocycles. The molecular formula is C36H40FN3O4S. The van der Waals surface area contributed by atoms with E-state index in [1.54, 1.807) is 42.5 Å². The summed E-state index contributed by atoms with van der Waals surface area (Å²) in [6.45, 7) is 5.19. The van der Waals surface area contributed by atoms with Crippen LogP contribution in [0, 0.1) is 5.82 Å². The van der Waals surface area contributed by atoms with Gasteiger partial charge in [0, 0.05) is 19.0 Å². The van der Waals surface area contributed by atoms with E-state index in [1.807, 2.05) is 63.2 Å². The third-order valence-corrected chi connectivity index (χ3v) is 9.56. The van der Waals surface area contributed by atoms with Crippen LogP contribution in [0.3, 0.4) is 0 Å². The van der Waals surface area contributed by atoms with E-state index in [9.17, 15) is 22.4 Å². The van der Waals surface area contributed by atoms with Gasteiger partial charge in [-0.05, 0) is 66.8 Å². The van der Waals surface area contributed by atoms with Crippen molar-refractivity contribution >= 4 is 27.5 Å². The molecule has 0 fully saturated rings. The highest BCUT2D eigenvalue weighted by atomic mass is 32.2. The van der Waals surface area contributed by atoms with Crippen LogP contribution in [0.15, 0.2) is 114 Å². The zero-order chi connectivity index (χ0) is 32.4. The standard InChI is InChI=1S/C36H40FN3O4S/c1-4-27(3)38-36(42)34(24-28-14-8-6-9-15-28)39(25-29-20-22-31(37)23-21-29)35(41)26-40(33-19-13-12-16-30(33)5-2)45(43,44)32-17-10-7-11-18-32/h6-23,27,34H,4-5,24-26H2,1-3H3,(H,38,42)/t27-,34+/m0/s1. The lowest BCUT2D eigenvalue weighted by Crippen LogP contribution is -2.54. The van der Waals surface area contributed by atoms with Crippen molar-refractivity contribution < 1.29 is 22.4 Å². The van der Waals surface area contributed by atoms with Crippen molar-refractivity contribution in [1.82, 2.24) is 10.2 Å². The third kappa shape index (κ3) is 8.57. The van der Waals surface area contributed by atoms with Crippen molar-refractivity contribution in [2.75, 3.05) is 10.8 Å². The first kappa shape index (κ1) is 33.4. The number of para-hydroxylation sites is 1. The molecule has 0 spiro atoms. The Bertz CT molecular complexity index is 1670. The molecule has 45 heavy (non-hydrogen) atoms. The minimum atomic E-state index is -4.19. The maximum absolute atomic E-state index is 14.5. The van der Waals surface area contributed by atoms with Crippen LogP contribution in [0.5, 0.6) is 0 Å². The van der Waals surface area contributed by atoms with Crippen molar-refractivity contribution in [2.24, 2.45) is 0 Å². The van der Waals surface area contributed by atoms with Crippen LogP contribution in [0.25, 0.3) is 0 Å². The number of hydrogen-bond donors (Lipinski definition) is 1. The number of anilines is 1. The van der Waals surface area contributed by atoms with Crippen LogP contribution in [0.4, 0.5) is 10.1 Å². The fourth-order valence-electron chi connectivity index (χ4n) is 5.07. The first-order valence-electron chi connectivity index (χ1n) is 15.2. The number of carbonyl (C=O) groups excluding carboxylic acids is 2. The number of benzene rings is 4. The molecule has 0 aliphatic carbocycles. The van der Waals surface area contributed by atoms with Crippen LogP contribution < -0.4 is 9.62 Å². The molecule has 0 unspecified atom stereocenters. The summed E-state index contributed by atoms with van der Waals surface area (Å²) in [5.41, 5.74) is 2.59. The number of carbonyl (C=O) groups is 2. The van der Waals surface area contributed by atoms with Gasteiger partial charge in [0.05, 0.1) is 10.6 Å². The number of halogens is 1. The number of aryl methyl sites for hydroxylation is 1. The first-order valence-corrected chi connectivity index (χ1v) is 16.6. The fraction of sp³-hybridized carbons (Fsp3) is 0.278. The van der Waals surface area contributed by atoms with E-state index < -0.39 is 34.3 Å². The van der Waals surface area contributed by atoms with Crippen LogP contribution in [-0.2, 0) is 39.0 Å². The lowest BCUT2D eigenvalue weighted by Gasteiger charge is -2.34. The minimum absolute atomic E-state index is 0.0286. The van der Waals surface area contributed by atoms with Gasteiger partial charge < -0.3 is 10.2 Å². The second-order valence-electron chi connectivity index (χ2n) is 11.0. The lowest BCUT2D eigenvalue weighted by molar-refractivity contribution is -0.140. The summed E-state index contributed by atoms with van der Waals surface area (Å²) < 4.78 is 43.3. The second-order valence-corrected chi connectivity index (χ2v) is 12.8. The van der Waals surface area contributed by atoms with E-state index >= 15 is 0 Å². The number of amides is 2. The van der Waals surface area contributed by atoms with E-state index in [1.165, 1.54) is 29.2 Å². The van der Waals surface area contributed by atoms with Crippen molar-refractivity contribution in [3.05, 3.63) is 132 Å². The maximum atomic E-state index is 14.5. The Morgan fingerprint density at radius 1 is 0.800 bits per heavy atom. The number of hydrogen-bond acceptors (Lipinski definition) is 4. The van der Waals surface area contributed by atoms with Gasteiger partial charge in [0.25, 0.3) is 10.0 Å². The maximum Gasteiger partial charge on any atom is 0.264 e. The van der Waals surface area contributed by atoms with Crippen molar-refractivity contribution in [3.63, 3.8) is 0 Å². The average Bonchev–Trinajstić information content (AvgIpc) is 3.06. The molecule has 2 atom stereocenters. The third-order valence-electron chi connectivity index (χ3n) is 7.79. The SMILES string of the molecule is CCc1ccccc1N(CC(=O)N(Cc1ccc(F)cc1)[C@H](Cc1ccccc1)C(=O)N[C@@H](C)CC)S(=O)(=O)c1ccccc1. The molecule has 1 N–H and O–H groups in total. The zero-order valence-corrected chi connectivity index (χ0v) is 26.7. The Hall–Kier alpha value is -4.50. The molecule has 7 nitrogen and oxygen atoms in total. The molecule has 0 bridgehead atoms. The second kappa shape index (κ2) is 15.5. The molecular weight excluding hydrogens is 589 g/mol. The summed E-state index contributed by atoms with van der Waals surface area (Å²) in [5, 5.41) is 3.01. The molecule has 9 heteroatoms.